The maximum atomic E-state index is 13.5. The molecule has 0 saturated carbocycles. The predicted molar refractivity (Wildman–Crippen MR) is 120 cm³/mol. The maximum Gasteiger partial charge on any atom is 0.239 e. The van der Waals surface area contributed by atoms with Gasteiger partial charge >= 0.3 is 0 Å². The molecule has 0 unspecified atom stereocenters. The van der Waals surface area contributed by atoms with Crippen molar-refractivity contribution in [3.8, 4) is 17.3 Å². The topological polar surface area (TPSA) is 124 Å². The first kappa shape index (κ1) is 25.1. The van der Waals surface area contributed by atoms with Gasteiger partial charge in [0.05, 0.1) is 36.2 Å². The van der Waals surface area contributed by atoms with E-state index < -0.39 is 27.7 Å². The summed E-state index contributed by atoms with van der Waals surface area (Å²) in [6.45, 7) is 3.72. The number of nitriles is 1. The van der Waals surface area contributed by atoms with Crippen LogP contribution in [0.15, 0.2) is 30.3 Å². The van der Waals surface area contributed by atoms with Crippen molar-refractivity contribution in [3.05, 3.63) is 47.4 Å². The maximum absolute atomic E-state index is 13.5. The second-order valence-electron chi connectivity index (χ2n) is 7.58. The highest BCUT2D eigenvalue weighted by molar-refractivity contribution is 7.92. The number of ketones is 1. The largest absolute Gasteiger partial charge is 0.392 e. The third-order valence-corrected chi connectivity index (χ3v) is 5.76. The number of carbonyl (C=O) groups excluding carboxylic acids is 1. The number of carbonyl (C=O) groups is 1. The van der Waals surface area contributed by atoms with Crippen LogP contribution < -0.4 is 4.31 Å². The Kier molecular flexibility index (Phi) is 8.19. The number of nitrogens with zero attached hydrogens (tertiary/aromatic N) is 4. The fraction of sp³-hybridized carbons (Fsp3) is 0.364. The van der Waals surface area contributed by atoms with Crippen molar-refractivity contribution >= 4 is 27.8 Å². The van der Waals surface area contributed by atoms with E-state index in [2.05, 4.69) is 9.97 Å². The quantitative estimate of drug-likeness (QED) is 0.570. The monoisotopic (exact) mass is 460 g/mol. The van der Waals surface area contributed by atoms with Gasteiger partial charge in [-0.3, -0.25) is 4.79 Å². The molecule has 1 N–H and O–H groups in total. The van der Waals surface area contributed by atoms with Gasteiger partial charge in [0.15, 0.2) is 5.78 Å². The molecule has 1 aromatic carbocycles. The number of benzene rings is 1. The van der Waals surface area contributed by atoms with Crippen LogP contribution in [0.1, 0.15) is 43.9 Å². The van der Waals surface area contributed by atoms with Crippen molar-refractivity contribution in [2.45, 2.75) is 38.7 Å². The van der Waals surface area contributed by atoms with Crippen molar-refractivity contribution in [1.29, 1.82) is 5.26 Å². The number of allylic oxidation sites excluding steroid dienone is 1. The Morgan fingerprint density at radius 2 is 1.91 bits per heavy atom. The van der Waals surface area contributed by atoms with E-state index in [0.717, 1.165) is 10.6 Å². The molecule has 2 rings (SSSR count). The normalized spacial score (nSPS) is 12.7. The second kappa shape index (κ2) is 10.4. The third-order valence-electron chi connectivity index (χ3n) is 4.61. The molecule has 0 saturated heterocycles. The summed E-state index contributed by atoms with van der Waals surface area (Å²) in [5.41, 5.74) is 1.80. The van der Waals surface area contributed by atoms with Gasteiger partial charge in [-0.05, 0) is 42.3 Å². The molecule has 0 aliphatic rings. The lowest BCUT2D eigenvalue weighted by Crippen LogP contribution is -2.27. The zero-order valence-corrected chi connectivity index (χ0v) is 19.1. The molecule has 0 radical (unpaired) electrons. The molecule has 170 valence electrons. The number of aliphatic hydroxyl groups excluding tert-OH is 1. The predicted octanol–water partition coefficient (Wildman–Crippen LogP) is 3.05. The number of aliphatic hydroxyl groups is 1. The van der Waals surface area contributed by atoms with Crippen molar-refractivity contribution in [3.63, 3.8) is 0 Å². The van der Waals surface area contributed by atoms with Gasteiger partial charge in [-0.1, -0.05) is 13.8 Å². The van der Waals surface area contributed by atoms with E-state index in [-0.39, 0.29) is 24.7 Å². The summed E-state index contributed by atoms with van der Waals surface area (Å²) in [7, 11) is -2.31. The molecule has 1 atom stereocenters. The van der Waals surface area contributed by atoms with E-state index in [1.807, 2.05) is 13.8 Å². The Morgan fingerprint density at radius 3 is 2.44 bits per heavy atom. The van der Waals surface area contributed by atoms with Crippen LogP contribution in [0, 0.1) is 17.1 Å². The van der Waals surface area contributed by atoms with Crippen LogP contribution in [-0.4, -0.2) is 48.7 Å². The van der Waals surface area contributed by atoms with Crippen LogP contribution >= 0.6 is 0 Å². The number of halogens is 1. The summed E-state index contributed by atoms with van der Waals surface area (Å²) >= 11 is 0. The van der Waals surface area contributed by atoms with Crippen molar-refractivity contribution < 1.29 is 22.7 Å². The summed E-state index contributed by atoms with van der Waals surface area (Å²) in [5.74, 6) is -1.06. The average molecular weight is 461 g/mol. The fourth-order valence-electron chi connectivity index (χ4n) is 2.85. The number of hydrogen-bond acceptors (Lipinski definition) is 7. The van der Waals surface area contributed by atoms with Crippen LogP contribution in [0.3, 0.4) is 0 Å². The first-order valence-corrected chi connectivity index (χ1v) is 11.7. The Bertz CT molecular complexity index is 1160. The Hall–Kier alpha value is -3.16. The van der Waals surface area contributed by atoms with E-state index in [1.54, 1.807) is 6.07 Å². The van der Waals surface area contributed by atoms with Gasteiger partial charge in [-0.2, -0.15) is 5.26 Å². The molecule has 1 heterocycles. The Morgan fingerprint density at radius 1 is 1.28 bits per heavy atom. The molecule has 0 bridgehead atoms. The minimum atomic E-state index is -3.64. The van der Waals surface area contributed by atoms with Gasteiger partial charge in [0.25, 0.3) is 0 Å². The lowest BCUT2D eigenvalue weighted by Gasteiger charge is -2.20. The van der Waals surface area contributed by atoms with Gasteiger partial charge in [-0.25, -0.2) is 27.1 Å². The number of hydrogen-bond donors (Lipinski definition) is 1. The summed E-state index contributed by atoms with van der Waals surface area (Å²) in [4.78, 5) is 21.1. The molecule has 32 heavy (non-hydrogen) atoms. The van der Waals surface area contributed by atoms with Crippen LogP contribution in [0.5, 0.6) is 0 Å². The molecule has 0 spiro atoms. The molecule has 0 amide bonds. The highest BCUT2D eigenvalue weighted by Gasteiger charge is 2.22. The third kappa shape index (κ3) is 6.42. The highest BCUT2D eigenvalue weighted by atomic mass is 32.2. The number of rotatable bonds is 9. The Labute approximate surface area is 187 Å². The molecule has 0 aliphatic heterocycles. The summed E-state index contributed by atoms with van der Waals surface area (Å²) in [5, 5.41) is 18.3. The smallest absolute Gasteiger partial charge is 0.239 e. The first-order chi connectivity index (χ1) is 14.9. The molecular weight excluding hydrogens is 435 g/mol. The van der Waals surface area contributed by atoms with Crippen LogP contribution in [0.2, 0.25) is 0 Å². The molecule has 0 aliphatic carbocycles. The molecule has 8 nitrogen and oxygen atoms in total. The SMILES string of the molecule is CC(C)c1nc(N(C)S(C)(=O)=O)nc(-c2ccc(F)cc2)c1C=CC(=O)C[C@@H](O)CC#N. The van der Waals surface area contributed by atoms with Crippen LogP contribution in [0.4, 0.5) is 10.3 Å². The minimum absolute atomic E-state index is 0.0524. The van der Waals surface area contributed by atoms with Gasteiger partial charge < -0.3 is 5.11 Å². The molecule has 1 aromatic heterocycles. The minimum Gasteiger partial charge on any atom is -0.392 e. The van der Waals surface area contributed by atoms with E-state index in [4.69, 9.17) is 5.26 Å². The molecule has 10 heteroatoms. The van der Waals surface area contributed by atoms with Crippen molar-refractivity contribution in [2.24, 2.45) is 0 Å². The number of sulfonamides is 1. The lowest BCUT2D eigenvalue weighted by molar-refractivity contribution is -0.116. The van der Waals surface area contributed by atoms with Gasteiger partial charge in [0.1, 0.15) is 5.82 Å². The summed E-state index contributed by atoms with van der Waals surface area (Å²) in [6.07, 6.45) is 2.34. The standard InChI is InChI=1S/C22H25FN4O4S/c1-14(2)20-19(10-9-17(28)13-18(29)11-12-24)21(15-5-7-16(23)8-6-15)26-22(25-20)27(3)32(4,30)31/h5-10,14,18,29H,11,13H2,1-4H3/t18-/m0/s1. The van der Waals surface area contributed by atoms with Gasteiger partial charge in [-0.15, -0.1) is 0 Å². The van der Waals surface area contributed by atoms with Crippen LogP contribution in [-0.2, 0) is 14.8 Å². The van der Waals surface area contributed by atoms with E-state index in [0.29, 0.717) is 22.5 Å². The lowest BCUT2D eigenvalue weighted by atomic mass is 9.97. The second-order valence-corrected chi connectivity index (χ2v) is 9.60. The average Bonchev–Trinajstić information content (AvgIpc) is 2.71. The zero-order valence-electron chi connectivity index (χ0n) is 18.3. The fourth-order valence-corrected chi connectivity index (χ4v) is 3.23. The van der Waals surface area contributed by atoms with E-state index in [9.17, 15) is 22.7 Å². The van der Waals surface area contributed by atoms with Gasteiger partial charge in [0, 0.05) is 24.6 Å². The van der Waals surface area contributed by atoms with E-state index >= 15 is 0 Å². The van der Waals surface area contributed by atoms with Crippen molar-refractivity contribution in [1.82, 2.24) is 9.97 Å². The van der Waals surface area contributed by atoms with Crippen molar-refractivity contribution in [2.75, 3.05) is 17.6 Å². The molecule has 2 aromatic rings. The summed E-state index contributed by atoms with van der Waals surface area (Å²) < 4.78 is 38.5. The highest BCUT2D eigenvalue weighted by Crippen LogP contribution is 2.31. The number of aromatic nitrogens is 2. The molecule has 0 fully saturated rings. The zero-order chi connectivity index (χ0) is 24.1. The van der Waals surface area contributed by atoms with Crippen LogP contribution in [0.25, 0.3) is 17.3 Å². The van der Waals surface area contributed by atoms with E-state index in [1.165, 1.54) is 43.5 Å². The summed E-state index contributed by atoms with van der Waals surface area (Å²) in [6, 6.07) is 7.31. The van der Waals surface area contributed by atoms with Gasteiger partial charge in [0.2, 0.25) is 16.0 Å². The molecular formula is C22H25FN4O4S. The Balaban J connectivity index is 2.67. The number of anilines is 1. The first-order valence-electron chi connectivity index (χ1n) is 9.81.